The van der Waals surface area contributed by atoms with Crippen LogP contribution in [0, 0.1) is 0 Å². The number of nitrogens with zero attached hydrogens (tertiary/aromatic N) is 2. The van der Waals surface area contributed by atoms with Crippen LogP contribution in [0.1, 0.15) is 50.7 Å². The lowest BCUT2D eigenvalue weighted by Crippen LogP contribution is -2.46. The van der Waals surface area contributed by atoms with Crippen LogP contribution in [0.15, 0.2) is 29.3 Å². The van der Waals surface area contributed by atoms with Crippen molar-refractivity contribution in [1.82, 2.24) is 15.5 Å². The van der Waals surface area contributed by atoms with Crippen molar-refractivity contribution in [3.8, 4) is 0 Å². The normalized spacial score (nSPS) is 21.9. The Labute approximate surface area is 167 Å². The molecule has 1 fully saturated rings. The van der Waals surface area contributed by atoms with E-state index >= 15 is 0 Å². The van der Waals surface area contributed by atoms with E-state index in [4.69, 9.17) is 0 Å². The maximum Gasteiger partial charge on any atom is 0.191 e. The van der Waals surface area contributed by atoms with E-state index in [1.54, 1.807) is 0 Å². The number of hydrogen-bond donors (Lipinski definition) is 2. The lowest BCUT2D eigenvalue weighted by Gasteiger charge is -2.30. The fraction of sp³-hybridized carbons (Fsp3) is 0.667. The molecule has 3 unspecified atom stereocenters. The minimum Gasteiger partial charge on any atom is -0.354 e. The van der Waals surface area contributed by atoms with Crippen LogP contribution in [0.4, 0.5) is 0 Å². The van der Waals surface area contributed by atoms with E-state index < -0.39 is 10.8 Å². The van der Waals surface area contributed by atoms with Gasteiger partial charge in [0.15, 0.2) is 5.96 Å². The molecule has 1 saturated carbocycles. The second-order valence-electron chi connectivity index (χ2n) is 7.38. The number of guanidine groups is 1. The molecule has 6 heteroatoms. The van der Waals surface area contributed by atoms with Crippen LogP contribution >= 0.6 is 0 Å². The second-order valence-corrected chi connectivity index (χ2v) is 9.38. The van der Waals surface area contributed by atoms with Gasteiger partial charge in [-0.2, -0.15) is 0 Å². The van der Waals surface area contributed by atoms with Gasteiger partial charge in [-0.3, -0.25) is 9.20 Å². The predicted molar refractivity (Wildman–Crippen MR) is 117 cm³/mol. The SMILES string of the molecule is CCN(C)Cc1cccc(CNC(=NC)NC2CCCC(S(=O)CC)C2)c1. The summed E-state index contributed by atoms with van der Waals surface area (Å²) in [6.45, 7) is 6.95. The fourth-order valence-corrected chi connectivity index (χ4v) is 4.93. The molecule has 0 bridgehead atoms. The number of aliphatic imine (C=N–C) groups is 1. The van der Waals surface area contributed by atoms with Gasteiger partial charge >= 0.3 is 0 Å². The average molecular weight is 393 g/mol. The predicted octanol–water partition coefficient (Wildman–Crippen LogP) is 2.88. The summed E-state index contributed by atoms with van der Waals surface area (Å²) in [5.74, 6) is 1.59. The zero-order chi connectivity index (χ0) is 19.6. The number of rotatable bonds is 8. The first-order chi connectivity index (χ1) is 13.0. The Balaban J connectivity index is 1.87. The van der Waals surface area contributed by atoms with Crippen molar-refractivity contribution in [2.24, 2.45) is 4.99 Å². The van der Waals surface area contributed by atoms with Crippen LogP contribution in [0.5, 0.6) is 0 Å². The lowest BCUT2D eigenvalue weighted by molar-refractivity contribution is 0.345. The number of nitrogens with one attached hydrogen (secondary N) is 2. The first-order valence-corrected chi connectivity index (χ1v) is 11.5. The zero-order valence-corrected chi connectivity index (χ0v) is 18.1. The third-order valence-electron chi connectivity index (χ3n) is 5.29. The molecule has 2 N–H and O–H groups in total. The third kappa shape index (κ3) is 7.26. The van der Waals surface area contributed by atoms with Crippen molar-refractivity contribution in [1.29, 1.82) is 0 Å². The van der Waals surface area contributed by atoms with Crippen molar-refractivity contribution < 1.29 is 4.21 Å². The summed E-state index contributed by atoms with van der Waals surface area (Å²) in [7, 11) is 3.25. The van der Waals surface area contributed by atoms with E-state index in [-0.39, 0.29) is 0 Å². The zero-order valence-electron chi connectivity index (χ0n) is 17.3. The molecule has 1 aliphatic carbocycles. The number of hydrogen-bond acceptors (Lipinski definition) is 3. The van der Waals surface area contributed by atoms with Crippen molar-refractivity contribution in [3.63, 3.8) is 0 Å². The van der Waals surface area contributed by atoms with Crippen molar-refractivity contribution in [2.75, 3.05) is 26.4 Å². The second kappa shape index (κ2) is 11.4. The topological polar surface area (TPSA) is 56.7 Å². The summed E-state index contributed by atoms with van der Waals surface area (Å²) in [5.41, 5.74) is 2.59. The van der Waals surface area contributed by atoms with Gasteiger partial charge in [0.05, 0.1) is 0 Å². The third-order valence-corrected chi connectivity index (χ3v) is 7.03. The van der Waals surface area contributed by atoms with Gasteiger partial charge in [0.2, 0.25) is 0 Å². The molecule has 152 valence electrons. The summed E-state index contributed by atoms with van der Waals surface area (Å²) in [6, 6.07) is 9.07. The smallest absolute Gasteiger partial charge is 0.191 e. The molecule has 0 heterocycles. The first-order valence-electron chi connectivity index (χ1n) is 10.2. The molecule has 27 heavy (non-hydrogen) atoms. The maximum atomic E-state index is 12.1. The highest BCUT2D eigenvalue weighted by Gasteiger charge is 2.25. The van der Waals surface area contributed by atoms with Crippen molar-refractivity contribution >= 4 is 16.8 Å². The van der Waals surface area contributed by atoms with E-state index in [0.717, 1.165) is 57.0 Å². The molecule has 3 atom stereocenters. The van der Waals surface area contributed by atoms with Gasteiger partial charge in [0.1, 0.15) is 0 Å². The molecule has 0 aromatic heterocycles. The Kier molecular flexibility index (Phi) is 9.28. The minimum atomic E-state index is -0.697. The van der Waals surface area contributed by atoms with E-state index in [2.05, 4.69) is 58.8 Å². The van der Waals surface area contributed by atoms with E-state index in [1.807, 2.05) is 14.0 Å². The Morgan fingerprint density at radius 2 is 2.07 bits per heavy atom. The van der Waals surface area contributed by atoms with E-state index in [1.165, 1.54) is 11.1 Å². The van der Waals surface area contributed by atoms with Gasteiger partial charge in [-0.1, -0.05) is 44.5 Å². The molecule has 5 nitrogen and oxygen atoms in total. The summed E-state index contributed by atoms with van der Waals surface area (Å²) in [5, 5.41) is 7.30. The summed E-state index contributed by atoms with van der Waals surface area (Å²) in [6.07, 6.45) is 4.32. The van der Waals surface area contributed by atoms with Gasteiger partial charge in [-0.15, -0.1) is 0 Å². The molecular formula is C21H36N4OS. The highest BCUT2D eigenvalue weighted by Crippen LogP contribution is 2.23. The largest absolute Gasteiger partial charge is 0.354 e. The van der Waals surface area contributed by atoms with Gasteiger partial charge in [0.25, 0.3) is 0 Å². The minimum absolute atomic E-state index is 0.326. The molecule has 1 aromatic rings. The number of benzene rings is 1. The van der Waals surface area contributed by atoms with Gasteiger partial charge in [-0.25, -0.2) is 0 Å². The van der Waals surface area contributed by atoms with Crippen LogP contribution in [-0.4, -0.2) is 52.8 Å². The molecule has 0 aliphatic heterocycles. The monoisotopic (exact) mass is 392 g/mol. The molecule has 0 saturated heterocycles. The summed E-state index contributed by atoms with van der Waals surface area (Å²) >= 11 is 0. The Morgan fingerprint density at radius 3 is 2.78 bits per heavy atom. The van der Waals surface area contributed by atoms with Crippen molar-refractivity contribution in [2.45, 2.75) is 63.9 Å². The Hall–Kier alpha value is -1.40. The molecular weight excluding hydrogens is 356 g/mol. The van der Waals surface area contributed by atoms with Crippen LogP contribution in [-0.2, 0) is 23.9 Å². The quantitative estimate of drug-likeness (QED) is 0.528. The van der Waals surface area contributed by atoms with Gasteiger partial charge < -0.3 is 15.5 Å². The average Bonchev–Trinajstić information content (AvgIpc) is 2.70. The molecule has 0 radical (unpaired) electrons. The van der Waals surface area contributed by atoms with Crippen molar-refractivity contribution in [3.05, 3.63) is 35.4 Å². The first kappa shape index (κ1) is 21.9. The maximum absolute atomic E-state index is 12.1. The lowest BCUT2D eigenvalue weighted by atomic mass is 9.95. The molecule has 1 aromatic carbocycles. The van der Waals surface area contributed by atoms with E-state index in [9.17, 15) is 4.21 Å². The van der Waals surface area contributed by atoms with Crippen LogP contribution in [0.25, 0.3) is 0 Å². The highest BCUT2D eigenvalue weighted by atomic mass is 32.2. The Morgan fingerprint density at radius 1 is 1.30 bits per heavy atom. The summed E-state index contributed by atoms with van der Waals surface area (Å²) in [4.78, 5) is 6.68. The molecule has 0 amide bonds. The standard InChI is InChI=1S/C21H36N4OS/c1-5-25(4)16-18-10-7-9-17(13-18)15-23-21(22-3)24-19-11-8-12-20(14-19)27(26)6-2/h7,9-10,13,19-20H,5-6,8,11-12,14-16H2,1-4H3,(H2,22,23,24). The molecule has 2 rings (SSSR count). The van der Waals surface area contributed by atoms with Gasteiger partial charge in [-0.05, 0) is 44.0 Å². The van der Waals surface area contributed by atoms with Crippen LogP contribution in [0.3, 0.4) is 0 Å². The highest BCUT2D eigenvalue weighted by molar-refractivity contribution is 7.85. The molecule has 1 aliphatic rings. The fourth-order valence-electron chi connectivity index (χ4n) is 3.59. The summed E-state index contributed by atoms with van der Waals surface area (Å²) < 4.78 is 12.1. The molecule has 0 spiro atoms. The van der Waals surface area contributed by atoms with E-state index in [0.29, 0.717) is 11.3 Å². The van der Waals surface area contributed by atoms with Crippen LogP contribution < -0.4 is 10.6 Å². The van der Waals surface area contributed by atoms with Gasteiger partial charge in [0, 0.05) is 48.0 Å². The Bertz CT molecular complexity index is 634. The van der Waals surface area contributed by atoms with Crippen LogP contribution in [0.2, 0.25) is 0 Å².